The highest BCUT2D eigenvalue weighted by atomic mass is 16.3. The van der Waals surface area contributed by atoms with Gasteiger partial charge in [0.05, 0.1) is 22.3 Å². The topological polar surface area (TPSA) is 35.8 Å². The van der Waals surface area contributed by atoms with Crippen LogP contribution in [-0.2, 0) is 10.8 Å². The molecule has 1 fully saturated rings. The maximum absolute atomic E-state index is 6.63. The third kappa shape index (κ3) is 6.00. The number of anilines is 8. The zero-order valence-corrected chi connectivity index (χ0v) is 41.2. The van der Waals surface area contributed by atoms with Crippen molar-refractivity contribution < 1.29 is 4.42 Å². The minimum absolute atomic E-state index is 0.00868. The molecule has 13 rings (SSSR count). The van der Waals surface area contributed by atoms with Gasteiger partial charge in [0.15, 0.2) is 0 Å². The molecule has 2 unspecified atom stereocenters. The van der Waals surface area contributed by atoms with Gasteiger partial charge in [0, 0.05) is 39.1 Å². The summed E-state index contributed by atoms with van der Waals surface area (Å²) < 4.78 is 6.63. The van der Waals surface area contributed by atoms with Crippen LogP contribution in [-0.4, -0.2) is 17.2 Å². The number of para-hydroxylation sites is 2. The summed E-state index contributed by atoms with van der Waals surface area (Å²) in [5.74, 6) is 2.12. The quantitative estimate of drug-likeness (QED) is 0.155. The Kier molecular flexibility index (Phi) is 9.14. The van der Waals surface area contributed by atoms with Crippen LogP contribution in [0.25, 0.3) is 33.1 Å². The number of furan rings is 1. The van der Waals surface area contributed by atoms with Crippen molar-refractivity contribution in [2.75, 3.05) is 14.7 Å². The van der Waals surface area contributed by atoms with E-state index in [9.17, 15) is 0 Å². The average molecular weight is 899 g/mol. The molecule has 3 aliphatic heterocycles. The number of nitrogens with zero attached hydrogens (tertiary/aromatic N) is 4. The first-order valence-corrected chi connectivity index (χ1v) is 25.2. The van der Waals surface area contributed by atoms with Gasteiger partial charge in [0.25, 0.3) is 6.71 Å². The second-order valence-electron chi connectivity index (χ2n) is 22.1. The van der Waals surface area contributed by atoms with Gasteiger partial charge in [0.2, 0.25) is 0 Å². The van der Waals surface area contributed by atoms with E-state index in [1.165, 1.54) is 81.4 Å². The van der Waals surface area contributed by atoms with Crippen LogP contribution in [0.2, 0.25) is 0 Å². The smallest absolute Gasteiger partial charge is 0.254 e. The largest absolute Gasteiger partial charge is 0.456 e. The fourth-order valence-electron chi connectivity index (χ4n) is 13.0. The molecule has 0 saturated heterocycles. The van der Waals surface area contributed by atoms with Gasteiger partial charge in [-0.05, 0) is 137 Å². The van der Waals surface area contributed by atoms with E-state index in [-0.39, 0.29) is 23.1 Å². The third-order valence-corrected chi connectivity index (χ3v) is 16.7. The lowest BCUT2D eigenvalue weighted by molar-refractivity contribution is 0.195. The summed E-state index contributed by atoms with van der Waals surface area (Å²) >= 11 is 0. The van der Waals surface area contributed by atoms with Gasteiger partial charge in [0.1, 0.15) is 22.8 Å². The number of fused-ring (bicyclic) bond motifs is 10. The zero-order chi connectivity index (χ0) is 47.1. The van der Waals surface area contributed by atoms with Crippen LogP contribution in [0.5, 0.6) is 0 Å². The second-order valence-corrected chi connectivity index (χ2v) is 22.1. The second kappa shape index (κ2) is 15.0. The lowest BCUT2D eigenvalue weighted by atomic mass is 9.33. The van der Waals surface area contributed by atoms with Gasteiger partial charge < -0.3 is 9.32 Å². The van der Waals surface area contributed by atoms with E-state index in [0.29, 0.717) is 5.92 Å². The summed E-state index contributed by atoms with van der Waals surface area (Å²) in [5, 5.41) is 2.14. The number of benzene rings is 7. The molecule has 2 atom stereocenters. The fraction of sp³-hybridized carbons (Fsp3) is 0.254. The molecule has 0 amide bonds. The molecule has 0 spiro atoms. The molecule has 1 aliphatic carbocycles. The summed E-state index contributed by atoms with van der Waals surface area (Å²) in [7, 11) is 0. The first kappa shape index (κ1) is 42.1. The Hall–Kier alpha value is -7.05. The zero-order valence-electron chi connectivity index (χ0n) is 41.2. The van der Waals surface area contributed by atoms with Gasteiger partial charge in [-0.2, -0.15) is 0 Å². The van der Waals surface area contributed by atoms with Crippen molar-refractivity contribution in [3.8, 4) is 11.1 Å². The number of pyridine rings is 1. The minimum Gasteiger partial charge on any atom is -0.456 e. The maximum Gasteiger partial charge on any atom is 0.254 e. The molecular weight excluding hydrogens is 840 g/mol. The molecule has 5 nitrogen and oxygen atoms in total. The van der Waals surface area contributed by atoms with Gasteiger partial charge in [-0.1, -0.05) is 157 Å². The Labute approximate surface area is 407 Å². The van der Waals surface area contributed by atoms with Crippen LogP contribution >= 0.6 is 0 Å². The standard InChI is InChI=1S/C63H59BN4O/c1-39(2)42-36-52-58-53(37-42)68-59-47(62(7)32-17-18-33-63(62,68)8)34-40(3)35-49(59)64(58)48-29-31-56(65-60(48)66(52)44-22-13-10-14-23-44)67(51-25-19-27-55-57(51)45-24-15-16-26-54(45)69-55)50-30-28-43(61(4,5)6)38-46(50)41-20-11-9-12-21-41/h9-16,19-31,34-39H,17-18,32-33H2,1-8H3. The van der Waals surface area contributed by atoms with Crippen molar-refractivity contribution in [2.24, 2.45) is 0 Å². The van der Waals surface area contributed by atoms with Gasteiger partial charge in [-0.15, -0.1) is 0 Å². The lowest BCUT2D eigenvalue weighted by Crippen LogP contribution is -2.64. The van der Waals surface area contributed by atoms with Gasteiger partial charge in [-0.25, -0.2) is 4.98 Å². The Bertz CT molecular complexity index is 3550. The SMILES string of the molecule is Cc1cc2c3c(c1)C1(C)CCCCC1(C)N3c1cc(C(C)C)cc3c1B2c1ccc(N(c2ccc(C(C)(C)C)cc2-c2ccccc2)c2cccc4oc5ccccc5c24)nc1N3c1ccccc1. The molecule has 5 heterocycles. The molecule has 9 aromatic rings. The van der Waals surface area contributed by atoms with Crippen LogP contribution < -0.4 is 31.1 Å². The van der Waals surface area contributed by atoms with Crippen LogP contribution in [0.15, 0.2) is 162 Å². The molecule has 340 valence electrons. The number of hydrogen-bond acceptors (Lipinski definition) is 5. The van der Waals surface area contributed by atoms with Crippen LogP contribution in [0.1, 0.15) is 102 Å². The Morgan fingerprint density at radius 3 is 2.20 bits per heavy atom. The molecule has 0 N–H and O–H groups in total. The molecule has 7 aromatic carbocycles. The molecule has 69 heavy (non-hydrogen) atoms. The summed E-state index contributed by atoms with van der Waals surface area (Å²) in [4.78, 5) is 13.8. The molecule has 0 radical (unpaired) electrons. The number of aromatic nitrogens is 1. The van der Waals surface area contributed by atoms with E-state index < -0.39 is 0 Å². The molecule has 0 bridgehead atoms. The maximum atomic E-state index is 6.63. The van der Waals surface area contributed by atoms with Crippen molar-refractivity contribution in [1.82, 2.24) is 4.98 Å². The van der Waals surface area contributed by atoms with Crippen LogP contribution in [0, 0.1) is 6.92 Å². The van der Waals surface area contributed by atoms with Crippen molar-refractivity contribution >= 4 is 90.8 Å². The van der Waals surface area contributed by atoms with E-state index in [0.717, 1.165) is 61.8 Å². The third-order valence-electron chi connectivity index (χ3n) is 16.7. The van der Waals surface area contributed by atoms with Gasteiger partial charge >= 0.3 is 0 Å². The Morgan fingerprint density at radius 1 is 0.696 bits per heavy atom. The Morgan fingerprint density at radius 2 is 1.42 bits per heavy atom. The summed E-state index contributed by atoms with van der Waals surface area (Å²) in [6.45, 7) is 19.1. The van der Waals surface area contributed by atoms with E-state index in [2.05, 4.69) is 228 Å². The van der Waals surface area contributed by atoms with Gasteiger partial charge in [-0.3, -0.25) is 9.80 Å². The molecule has 2 aromatic heterocycles. The van der Waals surface area contributed by atoms with E-state index >= 15 is 0 Å². The van der Waals surface area contributed by atoms with E-state index in [1.54, 1.807) is 0 Å². The van der Waals surface area contributed by atoms with Crippen molar-refractivity contribution in [3.05, 3.63) is 180 Å². The predicted octanol–water partition coefficient (Wildman–Crippen LogP) is 15.2. The summed E-state index contributed by atoms with van der Waals surface area (Å²) in [5.41, 5.74) is 20.6. The minimum atomic E-state index is -0.0623. The lowest BCUT2D eigenvalue weighted by Gasteiger charge is -2.52. The Balaban J connectivity index is 1.13. The van der Waals surface area contributed by atoms with E-state index in [1.807, 2.05) is 0 Å². The summed E-state index contributed by atoms with van der Waals surface area (Å²) in [6, 6.07) is 58.6. The highest BCUT2D eigenvalue weighted by Crippen LogP contribution is 2.62. The highest BCUT2D eigenvalue weighted by Gasteiger charge is 2.61. The molecular formula is C63H59BN4O. The van der Waals surface area contributed by atoms with Crippen molar-refractivity contribution in [2.45, 2.75) is 103 Å². The molecule has 1 saturated carbocycles. The molecule has 4 aliphatic rings. The fourth-order valence-corrected chi connectivity index (χ4v) is 13.0. The van der Waals surface area contributed by atoms with Crippen LogP contribution in [0.4, 0.5) is 45.8 Å². The molecule has 6 heteroatoms. The number of rotatable bonds is 6. The average Bonchev–Trinajstić information content (AvgIpc) is 3.83. The first-order chi connectivity index (χ1) is 33.3. The predicted molar refractivity (Wildman–Crippen MR) is 291 cm³/mol. The van der Waals surface area contributed by atoms with Crippen molar-refractivity contribution in [3.63, 3.8) is 0 Å². The number of aryl methyl sites for hydroxylation is 1. The van der Waals surface area contributed by atoms with Crippen LogP contribution in [0.3, 0.4) is 0 Å². The normalized spacial score (nSPS) is 18.9. The summed E-state index contributed by atoms with van der Waals surface area (Å²) in [6.07, 6.45) is 4.87. The van der Waals surface area contributed by atoms with Crippen molar-refractivity contribution in [1.29, 1.82) is 0 Å². The van der Waals surface area contributed by atoms with E-state index in [4.69, 9.17) is 9.40 Å². The first-order valence-electron chi connectivity index (χ1n) is 25.2. The monoisotopic (exact) mass is 898 g/mol. The highest BCUT2D eigenvalue weighted by molar-refractivity contribution is 7.00. The number of hydrogen-bond donors (Lipinski definition) is 0.